The van der Waals surface area contributed by atoms with Crippen molar-refractivity contribution in [3.05, 3.63) is 41.7 Å². The van der Waals surface area contributed by atoms with E-state index >= 15 is 0 Å². The van der Waals surface area contributed by atoms with Crippen LogP contribution >= 0.6 is 0 Å². The molecule has 1 aromatic heterocycles. The van der Waals surface area contributed by atoms with Gasteiger partial charge < -0.3 is 10.1 Å². The highest BCUT2D eigenvalue weighted by molar-refractivity contribution is 5.37. The van der Waals surface area contributed by atoms with E-state index in [4.69, 9.17) is 4.74 Å². The maximum Gasteiger partial charge on any atom is 0.165 e. The normalized spacial score (nSPS) is 11.1. The molecule has 0 aliphatic rings. The van der Waals surface area contributed by atoms with Gasteiger partial charge in [-0.2, -0.15) is 5.10 Å². The van der Waals surface area contributed by atoms with Crippen molar-refractivity contribution in [2.24, 2.45) is 13.0 Å². The molecule has 108 valence electrons. The van der Waals surface area contributed by atoms with Crippen LogP contribution in [0.5, 0.6) is 11.5 Å². The zero-order valence-electron chi connectivity index (χ0n) is 12.7. The van der Waals surface area contributed by atoms with Gasteiger partial charge in [-0.05, 0) is 42.6 Å². The zero-order chi connectivity index (χ0) is 14.5. The van der Waals surface area contributed by atoms with Crippen molar-refractivity contribution < 1.29 is 4.74 Å². The summed E-state index contributed by atoms with van der Waals surface area (Å²) in [5.74, 6) is 2.28. The number of aryl methyl sites for hydroxylation is 2. The minimum atomic E-state index is 0.670. The van der Waals surface area contributed by atoms with Gasteiger partial charge in [-0.15, -0.1) is 0 Å². The Morgan fingerprint density at radius 1 is 1.30 bits per heavy atom. The van der Waals surface area contributed by atoms with Gasteiger partial charge in [0.15, 0.2) is 5.75 Å². The number of rotatable bonds is 6. The minimum absolute atomic E-state index is 0.670. The molecule has 0 unspecified atom stereocenters. The molecule has 0 saturated heterocycles. The fourth-order valence-corrected chi connectivity index (χ4v) is 2.01. The first kappa shape index (κ1) is 14.6. The first-order valence-electron chi connectivity index (χ1n) is 7.01. The number of hydrogen-bond acceptors (Lipinski definition) is 3. The van der Waals surface area contributed by atoms with Crippen molar-refractivity contribution in [1.82, 2.24) is 15.1 Å². The maximum atomic E-state index is 5.77. The molecule has 0 bridgehead atoms. The first-order chi connectivity index (χ1) is 9.54. The van der Waals surface area contributed by atoms with E-state index < -0.39 is 0 Å². The van der Waals surface area contributed by atoms with Crippen molar-refractivity contribution in [2.75, 3.05) is 6.54 Å². The van der Waals surface area contributed by atoms with Crippen LogP contribution in [0.2, 0.25) is 0 Å². The summed E-state index contributed by atoms with van der Waals surface area (Å²) in [5.41, 5.74) is 2.55. The minimum Gasteiger partial charge on any atom is -0.454 e. The van der Waals surface area contributed by atoms with Crippen LogP contribution in [0.3, 0.4) is 0 Å². The fourth-order valence-electron chi connectivity index (χ4n) is 2.01. The summed E-state index contributed by atoms with van der Waals surface area (Å²) in [6, 6.07) is 6.19. The second-order valence-electron chi connectivity index (χ2n) is 5.56. The van der Waals surface area contributed by atoms with Crippen molar-refractivity contribution in [1.29, 1.82) is 0 Å². The average molecular weight is 273 g/mol. The van der Waals surface area contributed by atoms with Gasteiger partial charge in [-0.3, -0.25) is 4.68 Å². The van der Waals surface area contributed by atoms with E-state index in [2.05, 4.69) is 43.3 Å². The summed E-state index contributed by atoms with van der Waals surface area (Å²) < 4.78 is 7.50. The lowest BCUT2D eigenvalue weighted by atomic mass is 10.1. The van der Waals surface area contributed by atoms with Gasteiger partial charge in [0.2, 0.25) is 0 Å². The van der Waals surface area contributed by atoms with Crippen LogP contribution in [0.15, 0.2) is 30.6 Å². The Morgan fingerprint density at radius 2 is 2.10 bits per heavy atom. The lowest BCUT2D eigenvalue weighted by Gasteiger charge is -2.11. The summed E-state index contributed by atoms with van der Waals surface area (Å²) in [6.07, 6.45) is 3.57. The average Bonchev–Trinajstić information content (AvgIpc) is 2.77. The lowest BCUT2D eigenvalue weighted by Crippen LogP contribution is -2.19. The van der Waals surface area contributed by atoms with E-state index in [1.54, 1.807) is 10.9 Å². The largest absolute Gasteiger partial charge is 0.454 e. The Labute approximate surface area is 120 Å². The van der Waals surface area contributed by atoms with Crippen LogP contribution in [0.4, 0.5) is 0 Å². The molecule has 0 spiro atoms. The standard InChI is InChI=1S/C16H23N3O/c1-12(2)8-17-9-14-5-6-15(7-13(14)3)20-16-10-18-19(4)11-16/h5-7,10-12,17H,8-9H2,1-4H3. The van der Waals surface area contributed by atoms with E-state index in [-0.39, 0.29) is 0 Å². The van der Waals surface area contributed by atoms with Crippen molar-refractivity contribution in [3.8, 4) is 11.5 Å². The fraction of sp³-hybridized carbons (Fsp3) is 0.438. The third kappa shape index (κ3) is 4.10. The van der Waals surface area contributed by atoms with Crippen LogP contribution in [-0.2, 0) is 13.6 Å². The molecule has 20 heavy (non-hydrogen) atoms. The molecular formula is C16H23N3O. The SMILES string of the molecule is Cc1cc(Oc2cnn(C)c2)ccc1CNCC(C)C. The summed E-state index contributed by atoms with van der Waals surface area (Å²) >= 11 is 0. The van der Waals surface area contributed by atoms with Gasteiger partial charge in [0, 0.05) is 13.6 Å². The summed E-state index contributed by atoms with van der Waals surface area (Å²) in [5, 5.41) is 7.55. The number of nitrogens with zero attached hydrogens (tertiary/aromatic N) is 2. The Bertz CT molecular complexity index is 561. The van der Waals surface area contributed by atoms with Crippen molar-refractivity contribution >= 4 is 0 Å². The Balaban J connectivity index is 1.98. The molecule has 0 fully saturated rings. The van der Waals surface area contributed by atoms with Crippen LogP contribution in [0.25, 0.3) is 0 Å². The topological polar surface area (TPSA) is 39.1 Å². The summed E-state index contributed by atoms with van der Waals surface area (Å²) in [4.78, 5) is 0. The molecule has 1 N–H and O–H groups in total. The second kappa shape index (κ2) is 6.57. The van der Waals surface area contributed by atoms with Crippen LogP contribution < -0.4 is 10.1 Å². The molecule has 0 radical (unpaired) electrons. The number of aromatic nitrogens is 2. The highest BCUT2D eigenvalue weighted by Gasteiger charge is 2.04. The Morgan fingerprint density at radius 3 is 2.70 bits per heavy atom. The van der Waals surface area contributed by atoms with E-state index in [1.807, 2.05) is 19.3 Å². The summed E-state index contributed by atoms with van der Waals surface area (Å²) in [7, 11) is 1.88. The molecular weight excluding hydrogens is 250 g/mol. The van der Waals surface area contributed by atoms with Gasteiger partial charge in [0.25, 0.3) is 0 Å². The molecule has 0 amide bonds. The van der Waals surface area contributed by atoms with Gasteiger partial charge in [0.1, 0.15) is 5.75 Å². The van der Waals surface area contributed by atoms with Crippen molar-refractivity contribution in [3.63, 3.8) is 0 Å². The molecule has 1 aromatic carbocycles. The quantitative estimate of drug-likeness (QED) is 0.878. The Hall–Kier alpha value is -1.81. The highest BCUT2D eigenvalue weighted by atomic mass is 16.5. The lowest BCUT2D eigenvalue weighted by molar-refractivity contribution is 0.481. The molecule has 2 aromatic rings. The number of nitrogens with one attached hydrogen (secondary N) is 1. The maximum absolute atomic E-state index is 5.77. The highest BCUT2D eigenvalue weighted by Crippen LogP contribution is 2.23. The molecule has 4 nitrogen and oxygen atoms in total. The molecule has 0 atom stereocenters. The zero-order valence-corrected chi connectivity index (χ0v) is 12.7. The van der Waals surface area contributed by atoms with Crippen LogP contribution in [0.1, 0.15) is 25.0 Å². The van der Waals surface area contributed by atoms with Crippen molar-refractivity contribution in [2.45, 2.75) is 27.3 Å². The van der Waals surface area contributed by atoms with E-state index in [0.717, 1.165) is 24.6 Å². The van der Waals surface area contributed by atoms with Crippen LogP contribution in [-0.4, -0.2) is 16.3 Å². The van der Waals surface area contributed by atoms with Gasteiger partial charge in [-0.25, -0.2) is 0 Å². The predicted octanol–water partition coefficient (Wildman–Crippen LogP) is 3.27. The van der Waals surface area contributed by atoms with E-state index in [1.165, 1.54) is 11.1 Å². The van der Waals surface area contributed by atoms with E-state index in [0.29, 0.717) is 5.92 Å². The third-order valence-corrected chi connectivity index (χ3v) is 3.10. The number of ether oxygens (including phenoxy) is 1. The van der Waals surface area contributed by atoms with Gasteiger partial charge >= 0.3 is 0 Å². The van der Waals surface area contributed by atoms with E-state index in [9.17, 15) is 0 Å². The molecule has 2 rings (SSSR count). The van der Waals surface area contributed by atoms with Gasteiger partial charge in [0.05, 0.1) is 12.4 Å². The molecule has 0 saturated carbocycles. The number of benzene rings is 1. The smallest absolute Gasteiger partial charge is 0.165 e. The number of hydrogen-bond donors (Lipinski definition) is 1. The second-order valence-corrected chi connectivity index (χ2v) is 5.56. The molecule has 0 aliphatic heterocycles. The molecule has 0 aliphatic carbocycles. The summed E-state index contributed by atoms with van der Waals surface area (Å²) in [6.45, 7) is 8.47. The molecule has 1 heterocycles. The molecule has 4 heteroatoms. The third-order valence-electron chi connectivity index (χ3n) is 3.10. The predicted molar refractivity (Wildman–Crippen MR) is 81.0 cm³/mol. The van der Waals surface area contributed by atoms with Gasteiger partial charge in [-0.1, -0.05) is 19.9 Å². The Kier molecular flexibility index (Phi) is 4.79. The monoisotopic (exact) mass is 273 g/mol. The van der Waals surface area contributed by atoms with Crippen LogP contribution in [0, 0.1) is 12.8 Å². The first-order valence-corrected chi connectivity index (χ1v) is 7.01.